The summed E-state index contributed by atoms with van der Waals surface area (Å²) in [6, 6.07) is 13.2. The predicted molar refractivity (Wildman–Crippen MR) is 96.2 cm³/mol. The van der Waals surface area contributed by atoms with E-state index in [0.29, 0.717) is 6.54 Å². The van der Waals surface area contributed by atoms with Crippen molar-refractivity contribution >= 4 is 17.6 Å². The lowest BCUT2D eigenvalue weighted by Gasteiger charge is -2.13. The molecule has 136 valence electrons. The zero-order valence-corrected chi connectivity index (χ0v) is 14.6. The molecule has 2 aromatic carbocycles. The zero-order chi connectivity index (χ0) is 19.1. The number of amides is 1. The third-order valence-electron chi connectivity index (χ3n) is 3.84. The van der Waals surface area contributed by atoms with E-state index < -0.39 is 16.8 Å². The second kappa shape index (κ2) is 8.75. The fraction of sp³-hybridized carbons (Fsp3) is 0.263. The van der Waals surface area contributed by atoms with E-state index in [2.05, 4.69) is 5.32 Å². The van der Waals surface area contributed by atoms with Gasteiger partial charge < -0.3 is 10.1 Å². The highest BCUT2D eigenvalue weighted by atomic mass is 16.6. The van der Waals surface area contributed by atoms with Crippen molar-refractivity contribution in [1.82, 2.24) is 5.32 Å². The molecule has 0 aliphatic carbocycles. The van der Waals surface area contributed by atoms with Crippen LogP contribution in [-0.4, -0.2) is 30.0 Å². The molecule has 0 saturated heterocycles. The van der Waals surface area contributed by atoms with E-state index in [4.69, 9.17) is 4.74 Å². The van der Waals surface area contributed by atoms with E-state index in [1.807, 2.05) is 37.3 Å². The van der Waals surface area contributed by atoms with E-state index in [9.17, 15) is 19.7 Å². The number of benzene rings is 2. The van der Waals surface area contributed by atoms with Crippen molar-refractivity contribution in [3.63, 3.8) is 0 Å². The quantitative estimate of drug-likeness (QED) is 0.466. The zero-order valence-electron chi connectivity index (χ0n) is 14.6. The van der Waals surface area contributed by atoms with Gasteiger partial charge >= 0.3 is 5.97 Å². The molecule has 0 fully saturated rings. The van der Waals surface area contributed by atoms with Crippen molar-refractivity contribution in [2.75, 3.05) is 13.2 Å². The van der Waals surface area contributed by atoms with Gasteiger partial charge in [-0.2, -0.15) is 0 Å². The monoisotopic (exact) mass is 356 g/mol. The molecule has 0 aliphatic heterocycles. The van der Waals surface area contributed by atoms with Crippen molar-refractivity contribution in [2.45, 2.75) is 19.8 Å². The van der Waals surface area contributed by atoms with Crippen molar-refractivity contribution < 1.29 is 19.2 Å². The molecular weight excluding hydrogens is 336 g/mol. The average Bonchev–Trinajstić information content (AvgIpc) is 2.66. The Bertz CT molecular complexity index is 805. The Hall–Kier alpha value is -3.22. The molecule has 1 atom stereocenters. The Morgan fingerprint density at radius 2 is 1.81 bits per heavy atom. The maximum Gasteiger partial charge on any atom is 0.338 e. The molecule has 7 heteroatoms. The third kappa shape index (κ3) is 4.89. The highest BCUT2D eigenvalue weighted by molar-refractivity contribution is 5.99. The van der Waals surface area contributed by atoms with E-state index in [-0.39, 0.29) is 29.3 Å². The van der Waals surface area contributed by atoms with Crippen molar-refractivity contribution in [2.24, 2.45) is 0 Å². The number of hydrogen-bond donors (Lipinski definition) is 1. The first kappa shape index (κ1) is 19.1. The molecule has 0 aliphatic rings. The Balaban J connectivity index is 2.16. The lowest BCUT2D eigenvalue weighted by atomic mass is 10.0. The van der Waals surface area contributed by atoms with Gasteiger partial charge in [0.05, 0.1) is 17.1 Å². The van der Waals surface area contributed by atoms with Gasteiger partial charge in [-0.3, -0.25) is 14.9 Å². The van der Waals surface area contributed by atoms with Gasteiger partial charge in [0.25, 0.3) is 11.6 Å². The maximum absolute atomic E-state index is 12.4. The van der Waals surface area contributed by atoms with Crippen LogP contribution in [0.5, 0.6) is 0 Å². The molecule has 1 unspecified atom stereocenters. The van der Waals surface area contributed by atoms with Gasteiger partial charge in [0, 0.05) is 24.2 Å². The number of nitrogens with one attached hydrogen (secondary N) is 1. The van der Waals surface area contributed by atoms with Crippen LogP contribution in [0.15, 0.2) is 48.5 Å². The number of carbonyl (C=O) groups excluding carboxylic acids is 2. The Kier molecular flexibility index (Phi) is 6.43. The first-order valence-corrected chi connectivity index (χ1v) is 8.22. The number of nitro benzene ring substituents is 1. The van der Waals surface area contributed by atoms with Crippen LogP contribution in [0.3, 0.4) is 0 Å². The summed E-state index contributed by atoms with van der Waals surface area (Å²) in [5.74, 6) is -1.12. The van der Waals surface area contributed by atoms with Gasteiger partial charge in [0.15, 0.2) is 0 Å². The SMILES string of the molecule is CCOC(=O)c1cc(C(=O)NCC(C)c2ccccc2)cc([N+](=O)[O-])c1. The topological polar surface area (TPSA) is 98.5 Å². The molecular formula is C19H20N2O5. The third-order valence-corrected chi connectivity index (χ3v) is 3.84. The number of ether oxygens (including phenoxy) is 1. The second-order valence-corrected chi connectivity index (χ2v) is 5.77. The Morgan fingerprint density at radius 3 is 2.42 bits per heavy atom. The van der Waals surface area contributed by atoms with Gasteiger partial charge in [-0.15, -0.1) is 0 Å². The van der Waals surface area contributed by atoms with Gasteiger partial charge in [-0.05, 0) is 24.5 Å². The molecule has 0 heterocycles. The summed E-state index contributed by atoms with van der Waals surface area (Å²) in [4.78, 5) is 34.7. The van der Waals surface area contributed by atoms with Gasteiger partial charge in [0.2, 0.25) is 0 Å². The molecule has 0 saturated carbocycles. The van der Waals surface area contributed by atoms with Crippen LogP contribution in [0, 0.1) is 10.1 Å². The molecule has 0 radical (unpaired) electrons. The number of esters is 1. The van der Waals surface area contributed by atoms with Crippen molar-refractivity contribution in [3.05, 3.63) is 75.3 Å². The largest absolute Gasteiger partial charge is 0.462 e. The average molecular weight is 356 g/mol. The summed E-state index contributed by atoms with van der Waals surface area (Å²) in [6.45, 7) is 4.10. The number of carbonyl (C=O) groups is 2. The number of nitrogens with zero attached hydrogens (tertiary/aromatic N) is 1. The van der Waals surface area contributed by atoms with Crippen molar-refractivity contribution in [1.29, 1.82) is 0 Å². The summed E-state index contributed by atoms with van der Waals surface area (Å²) in [5.41, 5.74) is 0.751. The summed E-state index contributed by atoms with van der Waals surface area (Å²) in [5, 5.41) is 13.8. The summed E-state index contributed by atoms with van der Waals surface area (Å²) in [7, 11) is 0. The van der Waals surface area contributed by atoms with Crippen LogP contribution in [0.2, 0.25) is 0 Å². The molecule has 0 bridgehead atoms. The summed E-state index contributed by atoms with van der Waals surface area (Å²) >= 11 is 0. The van der Waals surface area contributed by atoms with Crippen LogP contribution >= 0.6 is 0 Å². The van der Waals surface area contributed by atoms with Crippen LogP contribution in [0.25, 0.3) is 0 Å². The standard InChI is InChI=1S/C19H20N2O5/c1-3-26-19(23)16-9-15(10-17(11-16)21(24)25)18(22)20-12-13(2)14-7-5-4-6-8-14/h4-11,13H,3,12H2,1-2H3,(H,20,22). The van der Waals surface area contributed by atoms with Crippen LogP contribution in [0.4, 0.5) is 5.69 Å². The minimum atomic E-state index is -0.706. The lowest BCUT2D eigenvalue weighted by molar-refractivity contribution is -0.384. The molecule has 2 rings (SSSR count). The number of hydrogen-bond acceptors (Lipinski definition) is 5. The van der Waals surface area contributed by atoms with E-state index in [1.54, 1.807) is 6.92 Å². The van der Waals surface area contributed by atoms with E-state index >= 15 is 0 Å². The Labute approximate surface area is 151 Å². The van der Waals surface area contributed by atoms with Crippen LogP contribution < -0.4 is 5.32 Å². The van der Waals surface area contributed by atoms with Crippen molar-refractivity contribution in [3.8, 4) is 0 Å². The van der Waals surface area contributed by atoms with Gasteiger partial charge in [0.1, 0.15) is 0 Å². The fourth-order valence-corrected chi connectivity index (χ4v) is 2.43. The van der Waals surface area contributed by atoms with E-state index in [1.165, 1.54) is 6.07 Å². The molecule has 26 heavy (non-hydrogen) atoms. The number of non-ortho nitro benzene ring substituents is 1. The number of rotatable bonds is 7. The minimum absolute atomic E-state index is 0.0256. The highest BCUT2D eigenvalue weighted by Crippen LogP contribution is 2.19. The Morgan fingerprint density at radius 1 is 1.15 bits per heavy atom. The predicted octanol–water partition coefficient (Wildman–Crippen LogP) is 3.31. The molecule has 2 aromatic rings. The minimum Gasteiger partial charge on any atom is -0.462 e. The maximum atomic E-state index is 12.4. The molecule has 7 nitrogen and oxygen atoms in total. The molecule has 1 amide bonds. The lowest BCUT2D eigenvalue weighted by Crippen LogP contribution is -2.27. The first-order chi connectivity index (χ1) is 12.4. The number of nitro groups is 1. The van der Waals surface area contributed by atoms with Gasteiger partial charge in [-0.25, -0.2) is 4.79 Å². The highest BCUT2D eigenvalue weighted by Gasteiger charge is 2.19. The molecule has 1 N–H and O–H groups in total. The molecule has 0 aromatic heterocycles. The first-order valence-electron chi connectivity index (χ1n) is 8.22. The smallest absolute Gasteiger partial charge is 0.338 e. The van der Waals surface area contributed by atoms with E-state index in [0.717, 1.165) is 17.7 Å². The fourth-order valence-electron chi connectivity index (χ4n) is 2.43. The van der Waals surface area contributed by atoms with Gasteiger partial charge in [-0.1, -0.05) is 37.3 Å². The van der Waals surface area contributed by atoms with Crippen LogP contribution in [0.1, 0.15) is 46.0 Å². The normalized spacial score (nSPS) is 11.5. The molecule has 0 spiro atoms. The summed E-state index contributed by atoms with van der Waals surface area (Å²) < 4.78 is 4.86. The summed E-state index contributed by atoms with van der Waals surface area (Å²) in [6.07, 6.45) is 0. The van der Waals surface area contributed by atoms with Crippen LogP contribution in [-0.2, 0) is 4.74 Å². The second-order valence-electron chi connectivity index (χ2n) is 5.77.